The van der Waals surface area contributed by atoms with E-state index in [1.54, 1.807) is 45.2 Å². The molecule has 13 heteroatoms. The lowest BCUT2D eigenvalue weighted by Gasteiger charge is -2.50. The highest BCUT2D eigenvalue weighted by atomic mass is 16.5. The van der Waals surface area contributed by atoms with Crippen LogP contribution in [0.2, 0.25) is 0 Å². The van der Waals surface area contributed by atoms with Crippen molar-refractivity contribution in [2.24, 2.45) is 17.6 Å². The van der Waals surface area contributed by atoms with Gasteiger partial charge in [0.15, 0.2) is 11.4 Å². The molecule has 4 rings (SSSR count). The first-order valence-electron chi connectivity index (χ1n) is 13.4. The number of aliphatic hydroxyl groups is 3. The van der Waals surface area contributed by atoms with Crippen molar-refractivity contribution in [1.82, 2.24) is 10.2 Å². The molecular formula is C29H36N4O9. The largest absolute Gasteiger partial charge is 0.510 e. The normalized spacial score (nSPS) is 25.0. The van der Waals surface area contributed by atoms with Crippen molar-refractivity contribution in [1.29, 1.82) is 0 Å². The molecule has 13 nitrogen and oxygen atoms in total. The molecule has 0 aromatic heterocycles. The topological polar surface area (TPSA) is 203 Å². The number of likely N-dealkylation sites (N-methyl/N-ethyl adjacent to an activating group) is 1. The fourth-order valence-corrected chi connectivity index (χ4v) is 6.34. The van der Waals surface area contributed by atoms with Gasteiger partial charge >= 0.3 is 6.09 Å². The molecule has 4 atom stereocenters. The van der Waals surface area contributed by atoms with Crippen LogP contribution in [0, 0.1) is 11.8 Å². The van der Waals surface area contributed by atoms with Gasteiger partial charge in [0.05, 0.1) is 18.2 Å². The molecule has 0 heterocycles. The molecular weight excluding hydrogens is 548 g/mol. The fraction of sp³-hybridized carbons (Fsp3) is 0.448. The first-order valence-corrected chi connectivity index (χ1v) is 13.4. The second-order valence-corrected chi connectivity index (χ2v) is 11.2. The predicted octanol–water partition coefficient (Wildman–Crippen LogP) is 0.989. The average molecular weight is 585 g/mol. The Balaban J connectivity index is 1.83. The zero-order valence-electron chi connectivity index (χ0n) is 23.9. The van der Waals surface area contributed by atoms with E-state index >= 15 is 0 Å². The number of allylic oxidation sites excluding steroid dienone is 1. The number of carbonyl (C=O) groups excluding carboxylic acids is 4. The molecule has 42 heavy (non-hydrogen) atoms. The number of ether oxygens (including phenoxy) is 1. The van der Waals surface area contributed by atoms with E-state index in [-0.39, 0.29) is 42.7 Å². The Kier molecular flexibility index (Phi) is 8.11. The van der Waals surface area contributed by atoms with Crippen molar-refractivity contribution < 1.29 is 44.3 Å². The molecule has 3 aliphatic carbocycles. The number of fused-ring (bicyclic) bond motifs is 3. The first kappa shape index (κ1) is 30.6. The lowest BCUT2D eigenvalue weighted by atomic mass is 9.58. The van der Waals surface area contributed by atoms with E-state index in [0.717, 1.165) is 0 Å². The number of rotatable bonds is 8. The van der Waals surface area contributed by atoms with Gasteiger partial charge < -0.3 is 41.1 Å². The number of hydrogen-bond donors (Lipinski definition) is 6. The third-order valence-electron chi connectivity index (χ3n) is 8.24. The molecule has 2 amide bonds. The number of carbonyl (C=O) groups is 4. The second kappa shape index (κ2) is 11.1. The van der Waals surface area contributed by atoms with Crippen molar-refractivity contribution in [3.8, 4) is 5.75 Å². The number of nitrogens with two attached hydrogens (primary N) is 1. The molecule has 3 aliphatic rings. The molecule has 0 saturated carbocycles. The van der Waals surface area contributed by atoms with Gasteiger partial charge in [-0.2, -0.15) is 0 Å². The fourth-order valence-electron chi connectivity index (χ4n) is 6.34. The van der Waals surface area contributed by atoms with Gasteiger partial charge in [0, 0.05) is 43.4 Å². The number of nitrogens with one attached hydrogen (secondary N) is 1. The third kappa shape index (κ3) is 4.68. The molecule has 0 aliphatic heterocycles. The quantitative estimate of drug-likeness (QED) is 0.144. The number of nitrogens with zero attached hydrogens (tertiary/aromatic N) is 2. The van der Waals surface area contributed by atoms with E-state index < -0.39 is 69.9 Å². The number of anilines is 1. The summed E-state index contributed by atoms with van der Waals surface area (Å²) in [6, 6.07) is 0.566. The van der Waals surface area contributed by atoms with E-state index in [2.05, 4.69) is 11.9 Å². The molecule has 0 radical (unpaired) electrons. The predicted molar refractivity (Wildman–Crippen MR) is 151 cm³/mol. The zero-order valence-corrected chi connectivity index (χ0v) is 23.9. The van der Waals surface area contributed by atoms with Gasteiger partial charge in [0.1, 0.15) is 22.8 Å². The van der Waals surface area contributed by atoms with E-state index in [0.29, 0.717) is 17.7 Å². The van der Waals surface area contributed by atoms with E-state index in [1.807, 2.05) is 0 Å². The van der Waals surface area contributed by atoms with Crippen molar-refractivity contribution in [2.45, 2.75) is 37.5 Å². The number of Topliss-reactive ketones (excluding diaryl/α,β-unsaturated/α-hetero) is 2. The van der Waals surface area contributed by atoms with E-state index in [1.165, 1.54) is 4.90 Å². The number of phenols is 1. The summed E-state index contributed by atoms with van der Waals surface area (Å²) in [5.41, 5.74) is 2.64. The van der Waals surface area contributed by atoms with Gasteiger partial charge in [-0.3, -0.25) is 19.3 Å². The highest BCUT2D eigenvalue weighted by molar-refractivity contribution is 6.25. The van der Waals surface area contributed by atoms with E-state index in [4.69, 9.17) is 10.5 Å². The maximum Gasteiger partial charge on any atom is 0.407 e. The number of amides is 2. The molecule has 0 saturated heterocycles. The van der Waals surface area contributed by atoms with Crippen LogP contribution in [0.4, 0.5) is 10.5 Å². The molecule has 7 N–H and O–H groups in total. The van der Waals surface area contributed by atoms with Crippen LogP contribution in [0.3, 0.4) is 0 Å². The molecule has 0 bridgehead atoms. The first-order chi connectivity index (χ1) is 19.7. The number of benzene rings is 1. The summed E-state index contributed by atoms with van der Waals surface area (Å²) >= 11 is 0. The van der Waals surface area contributed by atoms with Crippen molar-refractivity contribution >= 4 is 29.3 Å². The summed E-state index contributed by atoms with van der Waals surface area (Å²) in [5, 5.41) is 47.9. The van der Waals surface area contributed by atoms with Gasteiger partial charge in [-0.1, -0.05) is 6.08 Å². The van der Waals surface area contributed by atoms with Gasteiger partial charge in [-0.25, -0.2) is 4.79 Å². The summed E-state index contributed by atoms with van der Waals surface area (Å²) in [7, 11) is 6.63. The maximum atomic E-state index is 14.0. The standard InChI is InChI=1S/C29H36N4O9/c1-6-7-8-42-28(40)31-12-14-11-17(32(2)3)15-9-13-10-16-21(33(4)5)24(36)20(27(30)39)26(38)29(16,41)25(37)18(13)23(35)19(15)22(14)34/h6,11,13,16,21,34,36-37,41H,1,7-10,12H2,2-5H3,(H2,30,39)(H,31,40)/t13-,16-,21?,29-/m0/s1. The molecule has 0 fully saturated rings. The van der Waals surface area contributed by atoms with Crippen LogP contribution in [0.25, 0.3) is 0 Å². The summed E-state index contributed by atoms with van der Waals surface area (Å²) < 4.78 is 5.03. The maximum absolute atomic E-state index is 14.0. The number of phenolic OH excluding ortho intramolecular Hbond substituents is 1. The minimum Gasteiger partial charge on any atom is -0.510 e. The minimum atomic E-state index is -2.72. The monoisotopic (exact) mass is 584 g/mol. The van der Waals surface area contributed by atoms with Gasteiger partial charge in [0.25, 0.3) is 5.91 Å². The smallest absolute Gasteiger partial charge is 0.407 e. The molecule has 226 valence electrons. The Bertz CT molecular complexity index is 1440. The second-order valence-electron chi connectivity index (χ2n) is 11.2. The molecule has 1 aromatic carbocycles. The van der Waals surface area contributed by atoms with E-state index in [9.17, 15) is 39.6 Å². The van der Waals surface area contributed by atoms with Crippen LogP contribution in [0.5, 0.6) is 5.75 Å². The number of ketones is 2. The van der Waals surface area contributed by atoms with Gasteiger partial charge in [-0.05, 0) is 50.9 Å². The number of aliphatic hydroxyl groups excluding tert-OH is 2. The SMILES string of the molecule is C=CCCOC(=O)NCc1cc(N(C)C)c2c(c1O)C(=O)C1=C(O)[C@]3(O)C(=O)C(C(N)=O)=C(O)C(N(C)C)[C@@H]3C[C@@H]1C2. The molecule has 0 spiro atoms. The van der Waals surface area contributed by atoms with Crippen LogP contribution >= 0.6 is 0 Å². The van der Waals surface area contributed by atoms with Crippen LogP contribution < -0.4 is 16.0 Å². The number of alkyl carbamates (subject to hydrolysis) is 1. The Morgan fingerprint density at radius 3 is 2.45 bits per heavy atom. The lowest BCUT2D eigenvalue weighted by Crippen LogP contribution is -2.63. The summed E-state index contributed by atoms with van der Waals surface area (Å²) in [6.45, 7) is 3.48. The summed E-state index contributed by atoms with van der Waals surface area (Å²) in [4.78, 5) is 55.0. The number of hydrogen-bond acceptors (Lipinski definition) is 11. The number of aromatic hydroxyl groups is 1. The molecule has 1 unspecified atom stereocenters. The average Bonchev–Trinajstić information content (AvgIpc) is 2.89. The Hall–Kier alpha value is -4.36. The van der Waals surface area contributed by atoms with Crippen molar-refractivity contribution in [2.75, 3.05) is 39.7 Å². The summed E-state index contributed by atoms with van der Waals surface area (Å²) in [5.74, 6) is -7.21. The highest BCUT2D eigenvalue weighted by Crippen LogP contribution is 2.53. The van der Waals surface area contributed by atoms with Crippen LogP contribution in [-0.4, -0.2) is 95.3 Å². The van der Waals surface area contributed by atoms with Crippen molar-refractivity contribution in [3.05, 3.63) is 58.1 Å². The Labute approximate surface area is 242 Å². The lowest BCUT2D eigenvalue weighted by molar-refractivity contribution is -0.148. The minimum absolute atomic E-state index is 0.0146. The number of primary amides is 1. The summed E-state index contributed by atoms with van der Waals surface area (Å²) in [6.07, 6.45) is 1.44. The van der Waals surface area contributed by atoms with Crippen LogP contribution in [0.15, 0.2) is 41.4 Å². The van der Waals surface area contributed by atoms with Crippen LogP contribution in [-0.2, 0) is 27.3 Å². The Morgan fingerprint density at radius 2 is 1.88 bits per heavy atom. The zero-order chi connectivity index (χ0) is 31.3. The Morgan fingerprint density at radius 1 is 1.21 bits per heavy atom. The highest BCUT2D eigenvalue weighted by Gasteiger charge is 2.63. The van der Waals surface area contributed by atoms with Crippen LogP contribution in [0.1, 0.15) is 34.3 Å². The van der Waals surface area contributed by atoms with Gasteiger partial charge in [-0.15, -0.1) is 6.58 Å². The third-order valence-corrected chi connectivity index (χ3v) is 8.24. The molecule has 1 aromatic rings. The van der Waals surface area contributed by atoms with Crippen molar-refractivity contribution in [3.63, 3.8) is 0 Å². The van der Waals surface area contributed by atoms with Gasteiger partial charge in [0.2, 0.25) is 5.78 Å².